The average Bonchev–Trinajstić information content (AvgIpc) is 3.16. The normalized spacial score (nSPS) is 11.6. The molecule has 0 aliphatic carbocycles. The third-order valence-corrected chi connectivity index (χ3v) is 5.48. The molecular formula is C23H18ClFN4OS. The van der Waals surface area contributed by atoms with Gasteiger partial charge in [-0.2, -0.15) is 0 Å². The van der Waals surface area contributed by atoms with Crippen molar-refractivity contribution in [2.75, 3.05) is 5.32 Å². The molecule has 1 atom stereocenters. The number of hydrogen-bond acceptors (Lipinski definition) is 6. The largest absolute Gasteiger partial charge is 0.487 e. The molecule has 3 N–H and O–H groups in total. The second kappa shape index (κ2) is 9.31. The van der Waals surface area contributed by atoms with Gasteiger partial charge >= 0.3 is 0 Å². The van der Waals surface area contributed by atoms with Crippen molar-refractivity contribution in [3.8, 4) is 17.6 Å². The van der Waals surface area contributed by atoms with Crippen LogP contribution in [-0.4, -0.2) is 16.0 Å². The van der Waals surface area contributed by atoms with E-state index in [1.807, 2.05) is 19.1 Å². The molecule has 0 saturated carbocycles. The van der Waals surface area contributed by atoms with E-state index >= 15 is 0 Å². The van der Waals surface area contributed by atoms with Crippen molar-refractivity contribution < 1.29 is 9.13 Å². The first-order valence-electron chi connectivity index (χ1n) is 9.43. The lowest BCUT2D eigenvalue weighted by Gasteiger charge is -2.11. The summed E-state index contributed by atoms with van der Waals surface area (Å²) < 4.78 is 19.0. The Morgan fingerprint density at radius 1 is 1.23 bits per heavy atom. The molecule has 156 valence electrons. The number of anilines is 2. The molecule has 2 heterocycles. The van der Waals surface area contributed by atoms with Crippen molar-refractivity contribution in [3.05, 3.63) is 76.1 Å². The highest BCUT2D eigenvalue weighted by molar-refractivity contribution is 7.19. The Kier molecular flexibility index (Phi) is 6.33. The number of nitrogens with one attached hydrogen (secondary N) is 1. The summed E-state index contributed by atoms with van der Waals surface area (Å²) in [6, 6.07) is 13.3. The number of halogens is 2. The van der Waals surface area contributed by atoms with Crippen molar-refractivity contribution in [1.82, 2.24) is 9.97 Å². The molecule has 8 heteroatoms. The zero-order chi connectivity index (χ0) is 21.8. The minimum absolute atomic E-state index is 0.197. The molecule has 0 fully saturated rings. The van der Waals surface area contributed by atoms with Gasteiger partial charge in [-0.15, -0.1) is 11.3 Å². The third kappa shape index (κ3) is 5.30. The summed E-state index contributed by atoms with van der Waals surface area (Å²) in [5.74, 6) is 6.87. The number of thiophene rings is 1. The lowest BCUT2D eigenvalue weighted by Crippen LogP contribution is -2.10. The standard InChI is InChI=1S/C23H18ClFN4OS/c1-14(26)5-7-18-11-19-22(27-13-28-23(19)31-18)29-17-6-8-21(20(24)10-17)30-12-15-3-2-4-16(25)9-15/h2-4,6,8-11,13-14H,12,26H2,1H3,(H,27,28,29)/t14-/m0/s1. The van der Waals surface area contributed by atoms with E-state index < -0.39 is 0 Å². The van der Waals surface area contributed by atoms with Crippen molar-refractivity contribution in [1.29, 1.82) is 0 Å². The summed E-state index contributed by atoms with van der Waals surface area (Å²) >= 11 is 7.87. The molecule has 2 aromatic heterocycles. The van der Waals surface area contributed by atoms with E-state index in [9.17, 15) is 4.39 Å². The molecule has 31 heavy (non-hydrogen) atoms. The first-order valence-corrected chi connectivity index (χ1v) is 10.6. The van der Waals surface area contributed by atoms with E-state index in [1.165, 1.54) is 29.8 Å². The first kappa shape index (κ1) is 21.1. The molecular weight excluding hydrogens is 435 g/mol. The first-order chi connectivity index (χ1) is 15.0. The Bertz CT molecular complexity index is 1300. The summed E-state index contributed by atoms with van der Waals surface area (Å²) in [7, 11) is 0. The van der Waals surface area contributed by atoms with Crippen LogP contribution in [0.1, 0.15) is 17.4 Å². The van der Waals surface area contributed by atoms with Crippen LogP contribution in [0.5, 0.6) is 5.75 Å². The number of rotatable bonds is 5. The number of ether oxygens (including phenoxy) is 1. The third-order valence-electron chi connectivity index (χ3n) is 4.23. The van der Waals surface area contributed by atoms with Gasteiger partial charge in [0.05, 0.1) is 21.3 Å². The maximum absolute atomic E-state index is 13.3. The molecule has 0 spiro atoms. The maximum Gasteiger partial charge on any atom is 0.142 e. The highest BCUT2D eigenvalue weighted by atomic mass is 35.5. The van der Waals surface area contributed by atoms with Crippen molar-refractivity contribution in [2.45, 2.75) is 19.6 Å². The second-order valence-corrected chi connectivity index (χ2v) is 8.24. The fraction of sp³-hybridized carbons (Fsp3) is 0.130. The Hall–Kier alpha value is -3.18. The van der Waals surface area contributed by atoms with E-state index in [0.717, 1.165) is 26.3 Å². The van der Waals surface area contributed by atoms with Crippen molar-refractivity contribution in [2.24, 2.45) is 5.73 Å². The Labute approximate surface area is 188 Å². The highest BCUT2D eigenvalue weighted by Gasteiger charge is 2.10. The van der Waals surface area contributed by atoms with E-state index in [2.05, 4.69) is 27.1 Å². The molecule has 0 radical (unpaired) electrons. The van der Waals surface area contributed by atoms with Gasteiger partial charge in [0.1, 0.15) is 35.1 Å². The number of nitrogens with two attached hydrogens (primary N) is 1. The molecule has 2 aromatic carbocycles. The second-order valence-electron chi connectivity index (χ2n) is 6.80. The minimum atomic E-state index is -0.303. The van der Waals surface area contributed by atoms with Gasteiger partial charge in [0.25, 0.3) is 0 Å². The Morgan fingerprint density at radius 3 is 2.87 bits per heavy atom. The van der Waals surface area contributed by atoms with Crippen LogP contribution < -0.4 is 15.8 Å². The van der Waals surface area contributed by atoms with E-state index in [1.54, 1.807) is 24.3 Å². The topological polar surface area (TPSA) is 73.1 Å². The van der Waals surface area contributed by atoms with Crippen molar-refractivity contribution in [3.63, 3.8) is 0 Å². The van der Waals surface area contributed by atoms with Crippen LogP contribution in [0.15, 0.2) is 54.9 Å². The highest BCUT2D eigenvalue weighted by Crippen LogP contribution is 2.33. The zero-order valence-electron chi connectivity index (χ0n) is 16.5. The fourth-order valence-electron chi connectivity index (χ4n) is 2.82. The lowest BCUT2D eigenvalue weighted by atomic mass is 10.2. The van der Waals surface area contributed by atoms with Crippen molar-refractivity contribution >= 4 is 44.7 Å². The van der Waals surface area contributed by atoms with Gasteiger partial charge in [-0.25, -0.2) is 14.4 Å². The van der Waals surface area contributed by atoms with Crippen LogP contribution in [0.3, 0.4) is 0 Å². The average molecular weight is 453 g/mol. The summed E-state index contributed by atoms with van der Waals surface area (Å²) in [6.45, 7) is 2.05. The van der Waals surface area contributed by atoms with Crippen LogP contribution >= 0.6 is 22.9 Å². The summed E-state index contributed by atoms with van der Waals surface area (Å²) in [4.78, 5) is 10.4. The summed E-state index contributed by atoms with van der Waals surface area (Å²) in [5.41, 5.74) is 7.18. The van der Waals surface area contributed by atoms with E-state index in [-0.39, 0.29) is 18.5 Å². The van der Waals surface area contributed by atoms with Gasteiger partial charge < -0.3 is 15.8 Å². The molecule has 0 saturated heterocycles. The summed E-state index contributed by atoms with van der Waals surface area (Å²) in [6.07, 6.45) is 1.50. The zero-order valence-corrected chi connectivity index (χ0v) is 18.1. The fourth-order valence-corrected chi connectivity index (χ4v) is 3.92. The molecule has 5 nitrogen and oxygen atoms in total. The summed E-state index contributed by atoms with van der Waals surface area (Å²) in [5, 5.41) is 4.56. The molecule has 0 aliphatic rings. The molecule has 0 amide bonds. The molecule has 0 bridgehead atoms. The van der Waals surface area contributed by atoms with E-state index in [4.69, 9.17) is 22.1 Å². The lowest BCUT2D eigenvalue weighted by molar-refractivity contribution is 0.306. The molecule has 4 aromatic rings. The number of fused-ring (bicyclic) bond motifs is 1. The number of nitrogens with zero attached hydrogens (tertiary/aromatic N) is 2. The van der Waals surface area contributed by atoms with Gasteiger partial charge in [0.2, 0.25) is 0 Å². The SMILES string of the molecule is C[C@H](N)C#Cc1cc2c(Nc3ccc(OCc4cccc(F)c4)c(Cl)c3)ncnc2s1. The Balaban J connectivity index is 1.51. The van der Waals surface area contributed by atoms with Crippen LogP contribution in [0.4, 0.5) is 15.9 Å². The number of aromatic nitrogens is 2. The van der Waals surface area contributed by atoms with Crippen LogP contribution in [-0.2, 0) is 6.61 Å². The van der Waals surface area contributed by atoms with Crippen LogP contribution in [0, 0.1) is 17.7 Å². The number of benzene rings is 2. The molecule has 4 rings (SSSR count). The smallest absolute Gasteiger partial charge is 0.142 e. The number of hydrogen-bond donors (Lipinski definition) is 2. The quantitative estimate of drug-likeness (QED) is 0.391. The predicted molar refractivity (Wildman–Crippen MR) is 123 cm³/mol. The van der Waals surface area contributed by atoms with Crippen LogP contribution in [0.2, 0.25) is 5.02 Å². The monoisotopic (exact) mass is 452 g/mol. The van der Waals surface area contributed by atoms with Gasteiger partial charge in [0, 0.05) is 5.69 Å². The molecule has 0 aliphatic heterocycles. The van der Waals surface area contributed by atoms with Crippen LogP contribution in [0.25, 0.3) is 10.2 Å². The molecule has 0 unspecified atom stereocenters. The Morgan fingerprint density at radius 2 is 2.10 bits per heavy atom. The minimum Gasteiger partial charge on any atom is -0.487 e. The van der Waals surface area contributed by atoms with Gasteiger partial charge in [-0.05, 0) is 48.9 Å². The predicted octanol–water partition coefficient (Wildman–Crippen LogP) is 5.51. The van der Waals surface area contributed by atoms with Gasteiger partial charge in [-0.3, -0.25) is 0 Å². The maximum atomic E-state index is 13.3. The van der Waals surface area contributed by atoms with Gasteiger partial charge in [0.15, 0.2) is 0 Å². The van der Waals surface area contributed by atoms with Gasteiger partial charge in [-0.1, -0.05) is 35.6 Å². The van der Waals surface area contributed by atoms with E-state index in [0.29, 0.717) is 16.6 Å².